The minimum Gasteiger partial charge on any atom is -0.484 e. The highest BCUT2D eigenvalue weighted by Crippen LogP contribution is 2.27. The summed E-state index contributed by atoms with van der Waals surface area (Å²) in [6, 6.07) is 22.0. The van der Waals surface area contributed by atoms with E-state index in [0.29, 0.717) is 5.75 Å². The first-order valence-electron chi connectivity index (χ1n) is 10.2. The van der Waals surface area contributed by atoms with Gasteiger partial charge in [0.25, 0.3) is 5.91 Å². The Bertz CT molecular complexity index is 981. The first-order valence-corrected chi connectivity index (χ1v) is 10.2. The number of anilines is 2. The number of fused-ring (bicyclic) bond motifs is 1. The maximum atomic E-state index is 12.5. The van der Waals surface area contributed by atoms with Crippen LogP contribution in [-0.2, 0) is 4.79 Å². The van der Waals surface area contributed by atoms with Crippen LogP contribution in [0.4, 0.5) is 11.4 Å². The SMILES string of the molecule is CCN1CCN(c2ccccc2NC(=O)COc2ccc3ccccc3c2)CC1. The molecule has 3 aromatic rings. The number of para-hydroxylation sites is 2. The molecular weight excluding hydrogens is 362 g/mol. The fourth-order valence-electron chi connectivity index (χ4n) is 3.75. The van der Waals surface area contributed by atoms with E-state index < -0.39 is 0 Å². The van der Waals surface area contributed by atoms with Gasteiger partial charge in [0.05, 0.1) is 11.4 Å². The fraction of sp³-hybridized carbons (Fsp3) is 0.292. The molecule has 1 N–H and O–H groups in total. The Morgan fingerprint density at radius 1 is 0.931 bits per heavy atom. The second-order valence-corrected chi connectivity index (χ2v) is 7.28. The van der Waals surface area contributed by atoms with Crippen molar-refractivity contribution in [3.8, 4) is 5.75 Å². The molecule has 4 rings (SSSR count). The lowest BCUT2D eigenvalue weighted by atomic mass is 10.1. The average molecular weight is 389 g/mol. The summed E-state index contributed by atoms with van der Waals surface area (Å²) in [6.07, 6.45) is 0. The quantitative estimate of drug-likeness (QED) is 0.692. The number of nitrogens with one attached hydrogen (secondary N) is 1. The van der Waals surface area contributed by atoms with Crippen molar-refractivity contribution in [1.29, 1.82) is 0 Å². The van der Waals surface area contributed by atoms with Crippen LogP contribution in [0.5, 0.6) is 5.75 Å². The zero-order valence-corrected chi connectivity index (χ0v) is 16.8. The van der Waals surface area contributed by atoms with E-state index >= 15 is 0 Å². The maximum absolute atomic E-state index is 12.5. The monoisotopic (exact) mass is 389 g/mol. The summed E-state index contributed by atoms with van der Waals surface area (Å²) < 4.78 is 5.73. The smallest absolute Gasteiger partial charge is 0.262 e. The molecule has 0 radical (unpaired) electrons. The number of piperazine rings is 1. The zero-order chi connectivity index (χ0) is 20.1. The van der Waals surface area contributed by atoms with Crippen molar-refractivity contribution in [2.24, 2.45) is 0 Å². The Morgan fingerprint density at radius 2 is 1.66 bits per heavy atom. The number of likely N-dealkylation sites (N-methyl/N-ethyl adjacent to an activating group) is 1. The van der Waals surface area contributed by atoms with E-state index in [1.807, 2.05) is 54.6 Å². The van der Waals surface area contributed by atoms with Gasteiger partial charge in [-0.25, -0.2) is 0 Å². The molecule has 5 heteroatoms. The van der Waals surface area contributed by atoms with Gasteiger partial charge < -0.3 is 19.9 Å². The van der Waals surface area contributed by atoms with Crippen LogP contribution in [0.2, 0.25) is 0 Å². The number of benzene rings is 3. The summed E-state index contributed by atoms with van der Waals surface area (Å²) in [5, 5.41) is 5.27. The van der Waals surface area contributed by atoms with Gasteiger partial charge in [0.2, 0.25) is 0 Å². The number of carbonyl (C=O) groups excluding carboxylic acids is 1. The molecule has 1 aliphatic heterocycles. The molecule has 150 valence electrons. The molecule has 0 atom stereocenters. The summed E-state index contributed by atoms with van der Waals surface area (Å²) in [6.45, 7) is 7.28. The highest BCUT2D eigenvalue weighted by Gasteiger charge is 2.18. The van der Waals surface area contributed by atoms with Gasteiger partial charge in [0, 0.05) is 26.2 Å². The number of ether oxygens (including phenoxy) is 1. The van der Waals surface area contributed by atoms with Gasteiger partial charge >= 0.3 is 0 Å². The molecule has 0 saturated carbocycles. The standard InChI is InChI=1S/C24H27N3O2/c1-2-26-13-15-27(16-14-26)23-10-6-5-9-22(23)25-24(28)18-29-21-12-11-19-7-3-4-8-20(19)17-21/h3-12,17H,2,13-16,18H2,1H3,(H,25,28). The van der Waals surface area contributed by atoms with Gasteiger partial charge in [-0.3, -0.25) is 4.79 Å². The Morgan fingerprint density at radius 3 is 2.45 bits per heavy atom. The average Bonchev–Trinajstić information content (AvgIpc) is 2.78. The van der Waals surface area contributed by atoms with Crippen molar-refractivity contribution >= 4 is 28.1 Å². The van der Waals surface area contributed by atoms with Gasteiger partial charge in [0.15, 0.2) is 6.61 Å². The molecule has 1 saturated heterocycles. The third-order valence-corrected chi connectivity index (χ3v) is 5.43. The van der Waals surface area contributed by atoms with Crippen LogP contribution in [0.15, 0.2) is 66.7 Å². The molecule has 1 aliphatic rings. The van der Waals surface area contributed by atoms with Crippen LogP contribution in [-0.4, -0.2) is 50.1 Å². The van der Waals surface area contributed by atoms with Gasteiger partial charge in [0.1, 0.15) is 5.75 Å². The maximum Gasteiger partial charge on any atom is 0.262 e. The lowest BCUT2D eigenvalue weighted by molar-refractivity contribution is -0.118. The van der Waals surface area contributed by atoms with Crippen molar-refractivity contribution in [3.05, 3.63) is 66.7 Å². The molecule has 1 heterocycles. The normalized spacial score (nSPS) is 14.7. The predicted octanol–water partition coefficient (Wildman–Crippen LogP) is 4.00. The Kier molecular flexibility index (Phi) is 5.96. The Hall–Kier alpha value is -3.05. The number of nitrogens with zero attached hydrogens (tertiary/aromatic N) is 2. The van der Waals surface area contributed by atoms with Gasteiger partial charge in [-0.1, -0.05) is 49.4 Å². The summed E-state index contributed by atoms with van der Waals surface area (Å²) in [5.41, 5.74) is 1.91. The van der Waals surface area contributed by atoms with E-state index in [9.17, 15) is 4.79 Å². The second-order valence-electron chi connectivity index (χ2n) is 7.28. The van der Waals surface area contributed by atoms with Crippen LogP contribution in [0.1, 0.15) is 6.92 Å². The summed E-state index contributed by atoms with van der Waals surface area (Å²) in [4.78, 5) is 17.3. The van der Waals surface area contributed by atoms with Gasteiger partial charge in [-0.15, -0.1) is 0 Å². The number of carbonyl (C=O) groups is 1. The van der Waals surface area contributed by atoms with Crippen LogP contribution < -0.4 is 15.0 Å². The first kappa shape index (κ1) is 19.3. The molecule has 0 aromatic heterocycles. The number of hydrogen-bond donors (Lipinski definition) is 1. The van der Waals surface area contributed by atoms with Crippen molar-refractivity contribution in [3.63, 3.8) is 0 Å². The highest BCUT2D eigenvalue weighted by molar-refractivity contribution is 5.95. The molecule has 29 heavy (non-hydrogen) atoms. The second kappa shape index (κ2) is 8.97. The van der Waals surface area contributed by atoms with Crippen molar-refractivity contribution < 1.29 is 9.53 Å². The Balaban J connectivity index is 1.38. The molecule has 0 bridgehead atoms. The van der Waals surface area contributed by atoms with Crippen LogP contribution >= 0.6 is 0 Å². The molecule has 0 unspecified atom stereocenters. The van der Waals surface area contributed by atoms with Crippen LogP contribution in [0.3, 0.4) is 0 Å². The highest BCUT2D eigenvalue weighted by atomic mass is 16.5. The van der Waals surface area contributed by atoms with Crippen molar-refractivity contribution in [2.45, 2.75) is 6.92 Å². The minimum atomic E-state index is -0.155. The molecule has 0 spiro atoms. The third kappa shape index (κ3) is 4.69. The molecule has 5 nitrogen and oxygen atoms in total. The first-order chi connectivity index (χ1) is 14.2. The van der Waals surface area contributed by atoms with Gasteiger partial charge in [-0.05, 0) is 41.6 Å². The summed E-state index contributed by atoms with van der Waals surface area (Å²) in [7, 11) is 0. The summed E-state index contributed by atoms with van der Waals surface area (Å²) >= 11 is 0. The predicted molar refractivity (Wildman–Crippen MR) is 119 cm³/mol. The molecule has 1 fully saturated rings. The topological polar surface area (TPSA) is 44.8 Å². The van der Waals surface area contributed by atoms with E-state index in [1.165, 1.54) is 0 Å². The third-order valence-electron chi connectivity index (χ3n) is 5.43. The van der Waals surface area contributed by atoms with Crippen LogP contribution in [0.25, 0.3) is 10.8 Å². The van der Waals surface area contributed by atoms with Crippen molar-refractivity contribution in [2.75, 3.05) is 49.5 Å². The molecule has 1 amide bonds. The largest absolute Gasteiger partial charge is 0.484 e. The van der Waals surface area contributed by atoms with Crippen LogP contribution in [0, 0.1) is 0 Å². The lowest BCUT2D eigenvalue weighted by Gasteiger charge is -2.36. The Labute approximate surface area is 171 Å². The van der Waals surface area contributed by atoms with E-state index in [2.05, 4.69) is 34.2 Å². The van der Waals surface area contributed by atoms with E-state index in [4.69, 9.17) is 4.74 Å². The zero-order valence-electron chi connectivity index (χ0n) is 16.8. The summed E-state index contributed by atoms with van der Waals surface area (Å²) in [5.74, 6) is 0.542. The number of amides is 1. The fourth-order valence-corrected chi connectivity index (χ4v) is 3.75. The molecular formula is C24H27N3O2. The lowest BCUT2D eigenvalue weighted by Crippen LogP contribution is -2.46. The van der Waals surface area contributed by atoms with E-state index in [1.54, 1.807) is 0 Å². The molecule has 0 aliphatic carbocycles. The molecule has 3 aromatic carbocycles. The van der Waals surface area contributed by atoms with E-state index in [-0.39, 0.29) is 12.5 Å². The van der Waals surface area contributed by atoms with Crippen molar-refractivity contribution in [1.82, 2.24) is 4.90 Å². The number of rotatable bonds is 6. The number of hydrogen-bond acceptors (Lipinski definition) is 4. The minimum absolute atomic E-state index is 0.0176. The van der Waals surface area contributed by atoms with E-state index in [0.717, 1.165) is 54.9 Å². The van der Waals surface area contributed by atoms with Gasteiger partial charge in [-0.2, -0.15) is 0 Å².